The highest BCUT2D eigenvalue weighted by atomic mass is 32.1. The van der Waals surface area contributed by atoms with Gasteiger partial charge in [0.15, 0.2) is 0 Å². The SMILES string of the molecule is O=C(O)/C(O)=C/S. The lowest BCUT2D eigenvalue weighted by Crippen LogP contribution is -1.96. The molecule has 2 N–H and O–H groups in total. The van der Waals surface area contributed by atoms with E-state index in [0.29, 0.717) is 0 Å². The van der Waals surface area contributed by atoms with Crippen LogP contribution < -0.4 is 0 Å². The molecule has 0 fully saturated rings. The van der Waals surface area contributed by atoms with Crippen LogP contribution in [0.5, 0.6) is 0 Å². The Morgan fingerprint density at radius 3 is 2.00 bits per heavy atom. The number of rotatable bonds is 1. The topological polar surface area (TPSA) is 57.5 Å². The van der Waals surface area contributed by atoms with Crippen LogP contribution in [-0.4, -0.2) is 16.2 Å². The molecule has 0 spiro atoms. The van der Waals surface area contributed by atoms with E-state index in [1.54, 1.807) is 0 Å². The van der Waals surface area contributed by atoms with Crippen LogP contribution in [0.3, 0.4) is 0 Å². The Bertz CT molecular complexity index is 107. The van der Waals surface area contributed by atoms with E-state index < -0.39 is 11.7 Å². The maximum absolute atomic E-state index is 9.56. The van der Waals surface area contributed by atoms with Gasteiger partial charge >= 0.3 is 5.97 Å². The zero-order valence-corrected chi connectivity index (χ0v) is 4.22. The van der Waals surface area contributed by atoms with Crippen molar-refractivity contribution in [3.63, 3.8) is 0 Å². The zero-order valence-electron chi connectivity index (χ0n) is 3.33. The predicted octanol–water partition coefficient (Wildman–Crippen LogP) is 0.400. The highest BCUT2D eigenvalue weighted by Crippen LogP contribution is 1.87. The van der Waals surface area contributed by atoms with Gasteiger partial charge in [0.2, 0.25) is 5.76 Å². The summed E-state index contributed by atoms with van der Waals surface area (Å²) in [6.45, 7) is 0. The van der Waals surface area contributed by atoms with Crippen molar-refractivity contribution in [2.24, 2.45) is 0 Å². The first kappa shape index (κ1) is 6.36. The number of aliphatic hydroxyl groups is 1. The fourth-order valence-corrected chi connectivity index (χ4v) is 0.166. The molecule has 0 aliphatic heterocycles. The lowest BCUT2D eigenvalue weighted by Gasteiger charge is -1.82. The van der Waals surface area contributed by atoms with Crippen LogP contribution in [0.25, 0.3) is 0 Å². The number of carbonyl (C=O) groups is 1. The summed E-state index contributed by atoms with van der Waals surface area (Å²) in [7, 11) is 0. The Morgan fingerprint density at radius 1 is 1.57 bits per heavy atom. The number of aliphatic carboxylic acids is 1. The van der Waals surface area contributed by atoms with Gasteiger partial charge in [0, 0.05) is 5.41 Å². The fourth-order valence-electron chi connectivity index (χ4n) is 0.0552. The first-order chi connectivity index (χ1) is 3.18. The largest absolute Gasteiger partial charge is 0.501 e. The molecular formula is C3H4O3S. The molecule has 0 rings (SSSR count). The minimum atomic E-state index is -1.37. The van der Waals surface area contributed by atoms with E-state index >= 15 is 0 Å². The highest BCUT2D eigenvalue weighted by molar-refractivity contribution is 7.83. The van der Waals surface area contributed by atoms with E-state index in [2.05, 4.69) is 12.6 Å². The summed E-state index contributed by atoms with van der Waals surface area (Å²) in [5.41, 5.74) is 0. The summed E-state index contributed by atoms with van der Waals surface area (Å²) in [4.78, 5) is 9.56. The fraction of sp³-hybridized carbons (Fsp3) is 0. The number of thiol groups is 1. The second-order valence-corrected chi connectivity index (χ2v) is 1.08. The van der Waals surface area contributed by atoms with Crippen molar-refractivity contribution in [3.05, 3.63) is 11.2 Å². The van der Waals surface area contributed by atoms with Gasteiger partial charge in [-0.05, 0) is 0 Å². The maximum Gasteiger partial charge on any atom is 0.371 e. The molecule has 0 aromatic heterocycles. The quantitative estimate of drug-likeness (QED) is 0.267. The Balaban J connectivity index is 3.82. The van der Waals surface area contributed by atoms with E-state index in [9.17, 15) is 4.79 Å². The molecule has 0 aromatic carbocycles. The van der Waals surface area contributed by atoms with Crippen LogP contribution in [0.1, 0.15) is 0 Å². The average Bonchev–Trinajstić information content (AvgIpc) is 1.65. The van der Waals surface area contributed by atoms with E-state index in [-0.39, 0.29) is 0 Å². The summed E-state index contributed by atoms with van der Waals surface area (Å²) >= 11 is 3.36. The smallest absolute Gasteiger partial charge is 0.371 e. The van der Waals surface area contributed by atoms with Crippen molar-refractivity contribution in [3.8, 4) is 0 Å². The normalized spacial score (nSPS) is 11.3. The summed E-state index contributed by atoms with van der Waals surface area (Å²) in [5, 5.41) is 16.7. The van der Waals surface area contributed by atoms with Crippen LogP contribution in [0.15, 0.2) is 11.2 Å². The van der Waals surface area contributed by atoms with E-state index in [4.69, 9.17) is 10.2 Å². The molecule has 0 saturated heterocycles. The molecular weight excluding hydrogens is 116 g/mol. The predicted molar refractivity (Wildman–Crippen MR) is 27.3 cm³/mol. The second-order valence-electron chi connectivity index (χ2n) is 0.819. The molecule has 0 unspecified atom stereocenters. The minimum absolute atomic E-state index is 0.747. The molecule has 0 heterocycles. The van der Waals surface area contributed by atoms with Gasteiger partial charge in [0.1, 0.15) is 0 Å². The first-order valence-corrected chi connectivity index (χ1v) is 1.96. The van der Waals surface area contributed by atoms with E-state index in [1.807, 2.05) is 0 Å². The third kappa shape index (κ3) is 2.11. The van der Waals surface area contributed by atoms with Gasteiger partial charge in [0.25, 0.3) is 0 Å². The lowest BCUT2D eigenvalue weighted by atomic mass is 10.6. The van der Waals surface area contributed by atoms with Crippen molar-refractivity contribution in [1.82, 2.24) is 0 Å². The van der Waals surface area contributed by atoms with Crippen LogP contribution in [0, 0.1) is 0 Å². The molecule has 0 aliphatic carbocycles. The van der Waals surface area contributed by atoms with Gasteiger partial charge in [-0.25, -0.2) is 4.79 Å². The third-order valence-corrected chi connectivity index (χ3v) is 0.586. The molecule has 40 valence electrons. The molecule has 0 amide bonds. The monoisotopic (exact) mass is 120 g/mol. The second kappa shape index (κ2) is 2.52. The number of carboxylic acid groups (broad SMARTS) is 1. The van der Waals surface area contributed by atoms with Crippen LogP contribution in [-0.2, 0) is 4.79 Å². The molecule has 0 radical (unpaired) electrons. The van der Waals surface area contributed by atoms with Crippen LogP contribution in [0.4, 0.5) is 0 Å². The molecule has 0 aliphatic rings. The maximum atomic E-state index is 9.56. The molecule has 3 nitrogen and oxygen atoms in total. The van der Waals surface area contributed by atoms with Gasteiger partial charge < -0.3 is 10.2 Å². The zero-order chi connectivity index (χ0) is 5.86. The van der Waals surface area contributed by atoms with Gasteiger partial charge in [-0.1, -0.05) is 0 Å². The number of hydrogen-bond acceptors (Lipinski definition) is 3. The Labute approximate surface area is 45.7 Å². The van der Waals surface area contributed by atoms with Crippen LogP contribution >= 0.6 is 12.6 Å². The summed E-state index contributed by atoms with van der Waals surface area (Å²) in [6, 6.07) is 0. The summed E-state index contributed by atoms with van der Waals surface area (Å²) in [6.07, 6.45) is 0. The molecule has 0 saturated carbocycles. The highest BCUT2D eigenvalue weighted by Gasteiger charge is 1.98. The molecule has 7 heavy (non-hydrogen) atoms. The molecule has 0 bridgehead atoms. The molecule has 0 aromatic rings. The minimum Gasteiger partial charge on any atom is -0.501 e. The van der Waals surface area contributed by atoms with Gasteiger partial charge in [0.05, 0.1) is 0 Å². The first-order valence-electron chi connectivity index (χ1n) is 1.45. The Hall–Kier alpha value is -0.640. The summed E-state index contributed by atoms with van der Waals surface area (Å²) < 4.78 is 0. The van der Waals surface area contributed by atoms with Crippen molar-refractivity contribution < 1.29 is 15.0 Å². The van der Waals surface area contributed by atoms with Gasteiger partial charge in [-0.15, -0.1) is 12.6 Å². The number of carboxylic acids is 1. The standard InChI is InChI=1S/C3H4O3S/c4-2(1-7)3(5)6/h1,4,7H,(H,5,6)/b2-1-. The number of hydrogen-bond donors (Lipinski definition) is 3. The third-order valence-electron chi connectivity index (χ3n) is 0.341. The Kier molecular flexibility index (Phi) is 2.29. The average molecular weight is 120 g/mol. The van der Waals surface area contributed by atoms with Crippen molar-refractivity contribution >= 4 is 18.6 Å². The van der Waals surface area contributed by atoms with E-state index in [1.165, 1.54) is 0 Å². The number of aliphatic hydroxyl groups excluding tert-OH is 1. The molecule has 0 atom stereocenters. The van der Waals surface area contributed by atoms with Gasteiger partial charge in [-0.2, -0.15) is 0 Å². The van der Waals surface area contributed by atoms with Crippen LogP contribution in [0.2, 0.25) is 0 Å². The van der Waals surface area contributed by atoms with E-state index in [0.717, 1.165) is 5.41 Å². The van der Waals surface area contributed by atoms with Crippen molar-refractivity contribution in [2.75, 3.05) is 0 Å². The van der Waals surface area contributed by atoms with Gasteiger partial charge in [-0.3, -0.25) is 0 Å². The Morgan fingerprint density at radius 2 is 2.00 bits per heavy atom. The lowest BCUT2D eigenvalue weighted by molar-refractivity contribution is -0.135. The molecule has 4 heteroatoms. The van der Waals surface area contributed by atoms with Crippen molar-refractivity contribution in [2.45, 2.75) is 0 Å². The van der Waals surface area contributed by atoms with Crippen molar-refractivity contribution in [1.29, 1.82) is 0 Å². The summed E-state index contributed by atoms with van der Waals surface area (Å²) in [5.74, 6) is -2.11.